The second-order valence-corrected chi connectivity index (χ2v) is 8.91. The number of hydrogen-bond donors (Lipinski definition) is 1. The van der Waals surface area contributed by atoms with Gasteiger partial charge in [0.1, 0.15) is 24.9 Å². The van der Waals surface area contributed by atoms with Crippen LogP contribution in [0.2, 0.25) is 0 Å². The molecule has 3 rings (SSSR count). The molecule has 2 aromatic carbocycles. The highest BCUT2D eigenvalue weighted by atomic mass is 19.1. The van der Waals surface area contributed by atoms with Gasteiger partial charge in [-0.05, 0) is 36.8 Å². The molecule has 37 heavy (non-hydrogen) atoms. The number of rotatable bonds is 11. The number of methoxy groups -OCH3 is 2. The first-order chi connectivity index (χ1) is 17.7. The molecule has 2 aromatic rings. The average Bonchev–Trinajstić information content (AvgIpc) is 2.85. The third-order valence-corrected chi connectivity index (χ3v) is 6.15. The number of halogens is 1. The largest absolute Gasteiger partial charge is 0.463 e. The zero-order chi connectivity index (χ0) is 27.0. The smallest absolute Gasteiger partial charge is 0.317 e. The summed E-state index contributed by atoms with van der Waals surface area (Å²) < 4.78 is 40.8. The first-order valence-electron chi connectivity index (χ1n) is 11.8. The van der Waals surface area contributed by atoms with Crippen molar-refractivity contribution >= 4 is 17.7 Å². The van der Waals surface area contributed by atoms with Crippen molar-refractivity contribution < 1.29 is 47.6 Å². The van der Waals surface area contributed by atoms with Crippen LogP contribution in [0.4, 0.5) is 4.39 Å². The van der Waals surface area contributed by atoms with Gasteiger partial charge in [0, 0.05) is 26.6 Å². The van der Waals surface area contributed by atoms with Gasteiger partial charge in [-0.15, -0.1) is 0 Å². The molecule has 1 N–H and O–H groups in total. The highest BCUT2D eigenvalue weighted by molar-refractivity contribution is 6.02. The van der Waals surface area contributed by atoms with Crippen LogP contribution in [-0.4, -0.2) is 69.1 Å². The van der Waals surface area contributed by atoms with Gasteiger partial charge >= 0.3 is 11.9 Å². The second kappa shape index (κ2) is 12.8. The summed E-state index contributed by atoms with van der Waals surface area (Å²) in [5.41, 5.74) is -1.63. The normalized spacial score (nSPS) is 23.4. The van der Waals surface area contributed by atoms with Crippen LogP contribution in [0.5, 0.6) is 11.5 Å². The fraction of sp³-hybridized carbons (Fsp3) is 0.444. The van der Waals surface area contributed by atoms with Gasteiger partial charge < -0.3 is 28.8 Å². The summed E-state index contributed by atoms with van der Waals surface area (Å²) in [5, 5.41) is 11.2. The van der Waals surface area contributed by atoms with Crippen molar-refractivity contribution in [2.45, 2.75) is 24.9 Å². The van der Waals surface area contributed by atoms with E-state index in [1.54, 1.807) is 30.3 Å². The molecule has 10 heteroatoms. The third-order valence-electron chi connectivity index (χ3n) is 6.15. The van der Waals surface area contributed by atoms with Crippen LogP contribution in [-0.2, 0) is 33.3 Å². The Hall–Kier alpha value is -3.34. The molecule has 0 aliphatic heterocycles. The maximum atomic E-state index is 14.7. The minimum atomic E-state index is -1.86. The lowest BCUT2D eigenvalue weighted by Crippen LogP contribution is -2.55. The summed E-state index contributed by atoms with van der Waals surface area (Å²) in [5.74, 6) is -6.87. The molecule has 9 nitrogen and oxygen atoms in total. The van der Waals surface area contributed by atoms with E-state index >= 15 is 0 Å². The van der Waals surface area contributed by atoms with Gasteiger partial charge in [-0.25, -0.2) is 4.39 Å². The molecule has 1 aliphatic carbocycles. The van der Waals surface area contributed by atoms with E-state index in [9.17, 15) is 23.9 Å². The summed E-state index contributed by atoms with van der Waals surface area (Å²) in [6.45, 7) is 1.33. The molecule has 4 atom stereocenters. The average molecular weight is 519 g/mol. The topological polar surface area (TPSA) is 118 Å². The van der Waals surface area contributed by atoms with E-state index in [0.717, 1.165) is 6.07 Å². The van der Waals surface area contributed by atoms with Gasteiger partial charge in [0.2, 0.25) is 0 Å². The first-order valence-corrected chi connectivity index (χ1v) is 11.8. The molecule has 0 saturated heterocycles. The van der Waals surface area contributed by atoms with Crippen molar-refractivity contribution in [3.63, 3.8) is 0 Å². The van der Waals surface area contributed by atoms with Crippen molar-refractivity contribution in [1.82, 2.24) is 0 Å². The maximum absolute atomic E-state index is 14.7. The Bertz CT molecular complexity index is 1090. The predicted molar refractivity (Wildman–Crippen MR) is 129 cm³/mol. The van der Waals surface area contributed by atoms with Gasteiger partial charge in [-0.3, -0.25) is 14.4 Å². The van der Waals surface area contributed by atoms with E-state index in [1.807, 2.05) is 0 Å². The van der Waals surface area contributed by atoms with E-state index in [1.165, 1.54) is 33.3 Å². The minimum absolute atomic E-state index is 0.0999. The van der Waals surface area contributed by atoms with Crippen LogP contribution in [0.15, 0.2) is 48.5 Å². The van der Waals surface area contributed by atoms with Crippen molar-refractivity contribution in [2.75, 3.05) is 40.6 Å². The number of carbonyl (C=O) groups is 3. The number of carbonyl (C=O) groups excluding carboxylic acids is 3. The Morgan fingerprint density at radius 2 is 1.59 bits per heavy atom. The fourth-order valence-corrected chi connectivity index (χ4v) is 4.47. The fourth-order valence-electron chi connectivity index (χ4n) is 4.47. The van der Waals surface area contributed by atoms with Crippen molar-refractivity contribution in [3.8, 4) is 11.5 Å². The highest BCUT2D eigenvalue weighted by Crippen LogP contribution is 2.47. The monoisotopic (exact) mass is 518 g/mol. The maximum Gasteiger partial charge on any atom is 0.317 e. The molecular formula is C27H31FO9. The summed E-state index contributed by atoms with van der Waals surface area (Å²) in [7, 11) is 2.86. The molecule has 200 valence electrons. The molecule has 1 saturated carbocycles. The number of aliphatic hydroxyl groups is 1. The molecule has 1 aliphatic rings. The Morgan fingerprint density at radius 1 is 0.973 bits per heavy atom. The van der Waals surface area contributed by atoms with Crippen LogP contribution in [0.3, 0.4) is 0 Å². The predicted octanol–water partition coefficient (Wildman–Crippen LogP) is 3.04. The standard InChI is InChI=1S/C27H31FO9/c1-27(32)16-20(29)23(25(30)35-13-11-33-2)22(24(27)26(31)36-14-12-34-3)17-9-10-19(28)21(15-17)37-18-7-5-4-6-8-18/h4-10,15,22-24,32H,11-14,16H2,1-3H3/t22-,23-,24+,27-/m0/s1. The lowest BCUT2D eigenvalue weighted by Gasteiger charge is -2.43. The van der Waals surface area contributed by atoms with Crippen LogP contribution in [0.1, 0.15) is 24.8 Å². The molecule has 0 radical (unpaired) electrons. The van der Waals surface area contributed by atoms with Crippen molar-refractivity contribution in [2.24, 2.45) is 11.8 Å². The quantitative estimate of drug-likeness (QED) is 0.272. The highest BCUT2D eigenvalue weighted by Gasteiger charge is 2.57. The molecule has 0 bridgehead atoms. The van der Waals surface area contributed by atoms with Gasteiger partial charge in [0.15, 0.2) is 17.3 Å². The van der Waals surface area contributed by atoms with E-state index in [0.29, 0.717) is 5.75 Å². The lowest BCUT2D eigenvalue weighted by molar-refractivity contribution is -0.174. The van der Waals surface area contributed by atoms with Gasteiger partial charge in [-0.2, -0.15) is 0 Å². The molecule has 0 heterocycles. The minimum Gasteiger partial charge on any atom is -0.463 e. The Labute approximate surface area is 214 Å². The van der Waals surface area contributed by atoms with Crippen molar-refractivity contribution in [1.29, 1.82) is 0 Å². The number of ketones is 1. The third kappa shape index (κ3) is 6.91. The van der Waals surface area contributed by atoms with Crippen LogP contribution in [0.25, 0.3) is 0 Å². The SMILES string of the molecule is COCCOC(=O)[C@H]1C(=O)C[C@](C)(O)[C@@H](C(=O)OCCOC)[C@H]1c1ccc(F)c(Oc2ccccc2)c1. The first kappa shape index (κ1) is 28.2. The lowest BCUT2D eigenvalue weighted by atomic mass is 9.61. The summed E-state index contributed by atoms with van der Waals surface area (Å²) in [6, 6.07) is 12.2. The van der Waals surface area contributed by atoms with E-state index in [-0.39, 0.29) is 37.7 Å². The number of hydrogen-bond acceptors (Lipinski definition) is 9. The van der Waals surface area contributed by atoms with E-state index in [2.05, 4.69) is 0 Å². The number of esters is 2. The summed E-state index contributed by atoms with van der Waals surface area (Å²) in [4.78, 5) is 39.5. The van der Waals surface area contributed by atoms with Crippen molar-refractivity contribution in [3.05, 3.63) is 59.9 Å². The van der Waals surface area contributed by atoms with Crippen LogP contribution in [0, 0.1) is 17.7 Å². The summed E-state index contributed by atoms with van der Waals surface area (Å²) >= 11 is 0. The Morgan fingerprint density at radius 3 is 2.22 bits per heavy atom. The van der Waals surface area contributed by atoms with Crippen LogP contribution < -0.4 is 4.74 Å². The van der Waals surface area contributed by atoms with Gasteiger partial charge in [-0.1, -0.05) is 24.3 Å². The van der Waals surface area contributed by atoms with E-state index < -0.39 is 53.3 Å². The molecule has 0 unspecified atom stereocenters. The van der Waals surface area contributed by atoms with Gasteiger partial charge in [0.05, 0.1) is 24.7 Å². The van der Waals surface area contributed by atoms with Crippen LogP contribution >= 0.6 is 0 Å². The number of para-hydroxylation sites is 1. The zero-order valence-corrected chi connectivity index (χ0v) is 21.0. The second-order valence-electron chi connectivity index (χ2n) is 8.91. The summed E-state index contributed by atoms with van der Waals surface area (Å²) in [6.07, 6.45) is -0.480. The van der Waals surface area contributed by atoms with Gasteiger partial charge in [0.25, 0.3) is 0 Å². The molecule has 0 aromatic heterocycles. The Balaban J connectivity index is 2.07. The molecule has 0 amide bonds. The van der Waals surface area contributed by atoms with E-state index in [4.69, 9.17) is 23.7 Å². The zero-order valence-electron chi connectivity index (χ0n) is 21.0. The molecular weight excluding hydrogens is 487 g/mol. The Kier molecular flexibility index (Phi) is 9.73. The number of benzene rings is 2. The number of Topliss-reactive ketones (excluding diaryl/α,β-unsaturated/α-hetero) is 1. The molecule has 0 spiro atoms. The number of ether oxygens (including phenoxy) is 5. The molecule has 1 fully saturated rings.